The van der Waals surface area contributed by atoms with Crippen molar-refractivity contribution in [1.29, 1.82) is 0 Å². The average molecular weight is 402 g/mol. The van der Waals surface area contributed by atoms with Gasteiger partial charge in [-0.3, -0.25) is 9.80 Å². The minimum absolute atomic E-state index is 0. The van der Waals surface area contributed by atoms with Crippen molar-refractivity contribution in [1.82, 2.24) is 15.1 Å². The fourth-order valence-electron chi connectivity index (χ4n) is 4.54. The van der Waals surface area contributed by atoms with E-state index in [2.05, 4.69) is 34.2 Å². The summed E-state index contributed by atoms with van der Waals surface area (Å²) in [6, 6.07) is 5.52. The van der Waals surface area contributed by atoms with E-state index in [1.807, 2.05) is 0 Å². The highest BCUT2D eigenvalue weighted by Gasteiger charge is 2.26. The predicted molar refractivity (Wildman–Crippen MR) is 112 cm³/mol. The quantitative estimate of drug-likeness (QED) is 0.820. The van der Waals surface area contributed by atoms with Gasteiger partial charge in [-0.15, -0.1) is 24.8 Å². The number of hydrogen-bond donors (Lipinski definition) is 1. The second-order valence-corrected chi connectivity index (χ2v) is 7.47. The third kappa shape index (κ3) is 4.85. The maximum absolute atomic E-state index is 5.96. The summed E-state index contributed by atoms with van der Waals surface area (Å²) >= 11 is 0. The molecule has 4 rings (SSSR count). The van der Waals surface area contributed by atoms with Gasteiger partial charge in [-0.2, -0.15) is 0 Å². The van der Waals surface area contributed by atoms with Gasteiger partial charge in [0.15, 0.2) is 0 Å². The molecule has 2 fully saturated rings. The van der Waals surface area contributed by atoms with Gasteiger partial charge in [-0.05, 0) is 56.3 Å². The zero-order valence-electron chi connectivity index (χ0n) is 15.8. The van der Waals surface area contributed by atoms with E-state index in [1.165, 1.54) is 76.1 Å². The molecule has 1 N–H and O–H groups in total. The van der Waals surface area contributed by atoms with Gasteiger partial charge in [0.1, 0.15) is 5.75 Å². The fourth-order valence-corrected chi connectivity index (χ4v) is 4.54. The molecular formula is C20H33Cl2N3O. The molecule has 148 valence electrons. The van der Waals surface area contributed by atoms with Crippen LogP contribution in [0, 0.1) is 0 Å². The molecule has 0 aromatic heterocycles. The number of hydrogen-bond acceptors (Lipinski definition) is 4. The molecule has 1 atom stereocenters. The van der Waals surface area contributed by atoms with E-state index in [1.54, 1.807) is 5.56 Å². The third-order valence-corrected chi connectivity index (χ3v) is 5.93. The summed E-state index contributed by atoms with van der Waals surface area (Å²) in [5.41, 5.74) is 4.47. The van der Waals surface area contributed by atoms with Gasteiger partial charge in [0, 0.05) is 50.9 Å². The molecular weight excluding hydrogens is 369 g/mol. The second kappa shape index (κ2) is 10.1. The van der Waals surface area contributed by atoms with Crippen LogP contribution in [0.25, 0.3) is 0 Å². The summed E-state index contributed by atoms with van der Waals surface area (Å²) in [6.07, 6.45) is 5.10. The molecule has 2 aliphatic heterocycles. The molecule has 1 unspecified atom stereocenters. The lowest BCUT2D eigenvalue weighted by atomic mass is 10.0. The van der Waals surface area contributed by atoms with Gasteiger partial charge < -0.3 is 10.1 Å². The van der Waals surface area contributed by atoms with Crippen LogP contribution in [-0.4, -0.2) is 61.7 Å². The summed E-state index contributed by atoms with van der Waals surface area (Å²) in [4.78, 5) is 5.29. The van der Waals surface area contributed by atoms with Crippen LogP contribution >= 0.6 is 24.8 Å². The molecule has 1 aromatic rings. The van der Waals surface area contributed by atoms with Crippen LogP contribution in [0.15, 0.2) is 12.1 Å². The van der Waals surface area contributed by atoms with E-state index >= 15 is 0 Å². The molecule has 2 heterocycles. The standard InChI is InChI=1S/C20H31N3O.2ClH/c1-2-24-20-13-17-5-3-4-16(17)12-18(20)15-22-8-10-23(11-9-22)19-6-7-21-14-19;;/h12-13,19,21H,2-11,14-15H2,1H3;2*1H. The Morgan fingerprint density at radius 3 is 2.46 bits per heavy atom. The first-order valence-electron chi connectivity index (χ1n) is 9.78. The van der Waals surface area contributed by atoms with Crippen LogP contribution in [0.3, 0.4) is 0 Å². The molecule has 0 spiro atoms. The van der Waals surface area contributed by atoms with Crippen molar-refractivity contribution in [2.45, 2.75) is 45.2 Å². The van der Waals surface area contributed by atoms with Crippen molar-refractivity contribution < 1.29 is 4.74 Å². The zero-order valence-corrected chi connectivity index (χ0v) is 17.5. The van der Waals surface area contributed by atoms with E-state index < -0.39 is 0 Å². The smallest absolute Gasteiger partial charge is 0.124 e. The summed E-state index contributed by atoms with van der Waals surface area (Å²) in [6.45, 7) is 11.0. The van der Waals surface area contributed by atoms with Crippen molar-refractivity contribution in [2.24, 2.45) is 0 Å². The maximum atomic E-state index is 5.96. The monoisotopic (exact) mass is 401 g/mol. The van der Waals surface area contributed by atoms with E-state index in [0.29, 0.717) is 0 Å². The van der Waals surface area contributed by atoms with Gasteiger partial charge in [-0.1, -0.05) is 6.07 Å². The summed E-state index contributed by atoms with van der Waals surface area (Å²) in [7, 11) is 0. The lowest BCUT2D eigenvalue weighted by Crippen LogP contribution is -2.50. The molecule has 6 heteroatoms. The number of aryl methyl sites for hydroxylation is 2. The Hall–Kier alpha value is -0.520. The Labute approximate surface area is 170 Å². The average Bonchev–Trinajstić information content (AvgIpc) is 3.27. The summed E-state index contributed by atoms with van der Waals surface area (Å²) in [5, 5.41) is 3.49. The number of nitrogens with one attached hydrogen (secondary N) is 1. The number of rotatable bonds is 5. The minimum atomic E-state index is 0. The van der Waals surface area contributed by atoms with Crippen LogP contribution in [0.5, 0.6) is 5.75 Å². The highest BCUT2D eigenvalue weighted by Crippen LogP contribution is 2.31. The summed E-state index contributed by atoms with van der Waals surface area (Å²) in [5.74, 6) is 1.13. The van der Waals surface area contributed by atoms with Crippen LogP contribution < -0.4 is 10.1 Å². The van der Waals surface area contributed by atoms with Crippen LogP contribution in [0.1, 0.15) is 36.5 Å². The largest absolute Gasteiger partial charge is 0.494 e. The highest BCUT2D eigenvalue weighted by molar-refractivity contribution is 5.85. The molecule has 1 aliphatic carbocycles. The maximum Gasteiger partial charge on any atom is 0.124 e. The number of nitrogens with zero attached hydrogens (tertiary/aromatic N) is 2. The zero-order chi connectivity index (χ0) is 16.4. The molecule has 2 saturated heterocycles. The van der Waals surface area contributed by atoms with Crippen LogP contribution in [0.2, 0.25) is 0 Å². The van der Waals surface area contributed by atoms with Gasteiger partial charge in [0.05, 0.1) is 6.61 Å². The Bertz CT molecular complexity index is 570. The number of piperazine rings is 1. The molecule has 3 aliphatic rings. The predicted octanol–water partition coefficient (Wildman–Crippen LogP) is 2.90. The van der Waals surface area contributed by atoms with Crippen molar-refractivity contribution in [3.8, 4) is 5.75 Å². The highest BCUT2D eigenvalue weighted by atomic mass is 35.5. The second-order valence-electron chi connectivity index (χ2n) is 7.47. The first-order chi connectivity index (χ1) is 11.8. The first kappa shape index (κ1) is 21.8. The van der Waals surface area contributed by atoms with E-state index in [4.69, 9.17) is 4.74 Å². The van der Waals surface area contributed by atoms with E-state index in [0.717, 1.165) is 24.9 Å². The van der Waals surface area contributed by atoms with Crippen molar-refractivity contribution in [2.75, 3.05) is 45.9 Å². The van der Waals surface area contributed by atoms with Crippen LogP contribution in [0.4, 0.5) is 0 Å². The topological polar surface area (TPSA) is 27.7 Å². The van der Waals surface area contributed by atoms with Crippen molar-refractivity contribution in [3.05, 3.63) is 28.8 Å². The Kier molecular flexibility index (Phi) is 8.49. The molecule has 1 aromatic carbocycles. The van der Waals surface area contributed by atoms with Gasteiger partial charge in [0.25, 0.3) is 0 Å². The minimum Gasteiger partial charge on any atom is -0.494 e. The fraction of sp³-hybridized carbons (Fsp3) is 0.700. The molecule has 0 saturated carbocycles. The lowest BCUT2D eigenvalue weighted by molar-refractivity contribution is 0.0974. The van der Waals surface area contributed by atoms with Crippen molar-refractivity contribution >= 4 is 24.8 Å². The lowest BCUT2D eigenvalue weighted by Gasteiger charge is -2.38. The van der Waals surface area contributed by atoms with E-state index in [-0.39, 0.29) is 24.8 Å². The van der Waals surface area contributed by atoms with Gasteiger partial charge in [-0.25, -0.2) is 0 Å². The SMILES string of the molecule is CCOc1cc2c(cc1CN1CCN(C3CCNC3)CC1)CCC2.Cl.Cl. The van der Waals surface area contributed by atoms with E-state index in [9.17, 15) is 0 Å². The molecule has 0 radical (unpaired) electrons. The number of fused-ring (bicyclic) bond motifs is 1. The number of ether oxygens (including phenoxy) is 1. The molecule has 4 nitrogen and oxygen atoms in total. The Morgan fingerprint density at radius 1 is 1.08 bits per heavy atom. The van der Waals surface area contributed by atoms with Gasteiger partial charge >= 0.3 is 0 Å². The molecule has 0 amide bonds. The van der Waals surface area contributed by atoms with Gasteiger partial charge in [0.2, 0.25) is 0 Å². The summed E-state index contributed by atoms with van der Waals surface area (Å²) < 4.78 is 5.96. The third-order valence-electron chi connectivity index (χ3n) is 5.93. The van der Waals surface area contributed by atoms with Crippen molar-refractivity contribution in [3.63, 3.8) is 0 Å². The number of benzene rings is 1. The van der Waals surface area contributed by atoms with Crippen LogP contribution in [-0.2, 0) is 19.4 Å². The Balaban J connectivity index is 0.00000121. The Morgan fingerprint density at radius 2 is 1.81 bits per heavy atom. The normalized spacial score (nSPS) is 23.2. The molecule has 0 bridgehead atoms. The first-order valence-corrected chi connectivity index (χ1v) is 9.78. The number of halogens is 2. The molecule has 26 heavy (non-hydrogen) atoms.